The van der Waals surface area contributed by atoms with Crippen molar-refractivity contribution in [2.75, 3.05) is 13.2 Å². The van der Waals surface area contributed by atoms with E-state index >= 15 is 0 Å². The fourth-order valence-electron chi connectivity index (χ4n) is 2.14. The van der Waals surface area contributed by atoms with Gasteiger partial charge in [-0.25, -0.2) is 8.78 Å². The van der Waals surface area contributed by atoms with E-state index in [1.54, 1.807) is 0 Å². The van der Waals surface area contributed by atoms with E-state index in [0.717, 1.165) is 6.07 Å². The van der Waals surface area contributed by atoms with Gasteiger partial charge in [0.2, 0.25) is 0 Å². The second-order valence-electron chi connectivity index (χ2n) is 4.75. The molecule has 0 amide bonds. The van der Waals surface area contributed by atoms with Crippen LogP contribution >= 0.6 is 0 Å². The highest BCUT2D eigenvalue weighted by molar-refractivity contribution is 5.17. The van der Waals surface area contributed by atoms with Crippen molar-refractivity contribution >= 4 is 0 Å². The largest absolute Gasteiger partial charge is 0.386 e. The highest BCUT2D eigenvalue weighted by Crippen LogP contribution is 2.24. The maximum absolute atomic E-state index is 13.0. The molecule has 1 fully saturated rings. The van der Waals surface area contributed by atoms with Crippen LogP contribution in [0.2, 0.25) is 0 Å². The van der Waals surface area contributed by atoms with Gasteiger partial charge in [-0.05, 0) is 24.6 Å². The second kappa shape index (κ2) is 5.30. The van der Waals surface area contributed by atoms with Gasteiger partial charge in [0.1, 0.15) is 17.2 Å². The van der Waals surface area contributed by atoms with E-state index in [4.69, 9.17) is 4.74 Å². The summed E-state index contributed by atoms with van der Waals surface area (Å²) in [5, 5.41) is 13.2. The van der Waals surface area contributed by atoms with Gasteiger partial charge in [0.05, 0.1) is 6.10 Å². The average Bonchev–Trinajstić information content (AvgIpc) is 2.58. The predicted molar refractivity (Wildman–Crippen MR) is 63.0 cm³/mol. The van der Waals surface area contributed by atoms with Crippen LogP contribution in [0.4, 0.5) is 8.78 Å². The highest BCUT2D eigenvalue weighted by Gasteiger charge is 2.38. The first-order valence-electron chi connectivity index (χ1n) is 5.99. The first kappa shape index (κ1) is 13.4. The Morgan fingerprint density at radius 1 is 1.39 bits per heavy atom. The molecule has 1 heterocycles. The van der Waals surface area contributed by atoms with Gasteiger partial charge >= 0.3 is 0 Å². The molecule has 3 nitrogen and oxygen atoms in total. The number of halogens is 2. The number of hydrogen-bond acceptors (Lipinski definition) is 3. The van der Waals surface area contributed by atoms with Crippen molar-refractivity contribution in [1.29, 1.82) is 0 Å². The first-order chi connectivity index (χ1) is 8.49. The van der Waals surface area contributed by atoms with Gasteiger partial charge < -0.3 is 15.2 Å². The lowest BCUT2D eigenvalue weighted by atomic mass is 9.96. The first-order valence-corrected chi connectivity index (χ1v) is 5.99. The van der Waals surface area contributed by atoms with Crippen molar-refractivity contribution in [2.24, 2.45) is 0 Å². The van der Waals surface area contributed by atoms with Gasteiger partial charge in [0, 0.05) is 32.2 Å². The summed E-state index contributed by atoms with van der Waals surface area (Å²) in [5.74, 6) is -1.19. The van der Waals surface area contributed by atoms with Crippen molar-refractivity contribution in [3.63, 3.8) is 0 Å². The van der Waals surface area contributed by atoms with Crippen LogP contribution in [0.15, 0.2) is 18.2 Å². The van der Waals surface area contributed by atoms with Crippen molar-refractivity contribution in [3.05, 3.63) is 35.4 Å². The van der Waals surface area contributed by atoms with E-state index in [2.05, 4.69) is 5.32 Å². The minimum absolute atomic E-state index is 0.228. The standard InChI is InChI=1S/C13H17F2NO2/c1-9-13(17,2-3-18-9)8-16-7-10-4-11(14)6-12(15)5-10/h4-6,9,16-17H,2-3,7-8H2,1H3. The molecule has 18 heavy (non-hydrogen) atoms. The van der Waals surface area contributed by atoms with Gasteiger partial charge in [-0.15, -0.1) is 0 Å². The van der Waals surface area contributed by atoms with Crippen LogP contribution in [0, 0.1) is 11.6 Å². The Kier molecular flexibility index (Phi) is 3.94. The van der Waals surface area contributed by atoms with Gasteiger partial charge in [-0.3, -0.25) is 0 Å². The Labute approximate surface area is 105 Å². The number of nitrogens with one attached hydrogen (secondary N) is 1. The second-order valence-corrected chi connectivity index (χ2v) is 4.75. The van der Waals surface area contributed by atoms with E-state index in [1.165, 1.54) is 12.1 Å². The number of hydrogen-bond donors (Lipinski definition) is 2. The molecule has 1 aliphatic rings. The molecule has 1 aromatic carbocycles. The molecular weight excluding hydrogens is 240 g/mol. The van der Waals surface area contributed by atoms with Crippen molar-refractivity contribution in [1.82, 2.24) is 5.32 Å². The molecule has 1 aliphatic heterocycles. The highest BCUT2D eigenvalue weighted by atomic mass is 19.1. The van der Waals surface area contributed by atoms with E-state index in [0.29, 0.717) is 31.7 Å². The Morgan fingerprint density at radius 3 is 2.61 bits per heavy atom. The molecule has 5 heteroatoms. The third-order valence-electron chi connectivity index (χ3n) is 3.34. The summed E-state index contributed by atoms with van der Waals surface area (Å²) in [7, 11) is 0. The van der Waals surface area contributed by atoms with Gasteiger partial charge in [0.25, 0.3) is 0 Å². The Morgan fingerprint density at radius 2 is 2.06 bits per heavy atom. The third kappa shape index (κ3) is 3.04. The van der Waals surface area contributed by atoms with E-state index in [1.807, 2.05) is 6.92 Å². The van der Waals surface area contributed by atoms with E-state index in [-0.39, 0.29) is 6.10 Å². The summed E-state index contributed by atoms with van der Waals surface area (Å²) in [4.78, 5) is 0. The van der Waals surface area contributed by atoms with Crippen LogP contribution in [0.25, 0.3) is 0 Å². The maximum atomic E-state index is 13.0. The Balaban J connectivity index is 1.88. The van der Waals surface area contributed by atoms with E-state index in [9.17, 15) is 13.9 Å². The monoisotopic (exact) mass is 257 g/mol. The minimum atomic E-state index is -0.897. The summed E-state index contributed by atoms with van der Waals surface area (Å²) in [6.45, 7) is 3.00. The zero-order valence-electron chi connectivity index (χ0n) is 10.2. The number of rotatable bonds is 4. The normalized spacial score (nSPS) is 27.7. The smallest absolute Gasteiger partial charge is 0.126 e. The van der Waals surface area contributed by atoms with Crippen LogP contribution in [0.5, 0.6) is 0 Å². The SMILES string of the molecule is CC1OCCC1(O)CNCc1cc(F)cc(F)c1. The molecule has 0 bridgehead atoms. The fraction of sp³-hybridized carbons (Fsp3) is 0.538. The van der Waals surface area contributed by atoms with Crippen LogP contribution in [0.1, 0.15) is 18.9 Å². The summed E-state index contributed by atoms with van der Waals surface area (Å²) in [6.07, 6.45) is 0.341. The summed E-state index contributed by atoms with van der Waals surface area (Å²) in [6, 6.07) is 3.38. The molecule has 0 radical (unpaired) electrons. The summed E-state index contributed by atoms with van der Waals surface area (Å²) in [5.41, 5.74) is -0.381. The molecule has 2 N–H and O–H groups in total. The molecular formula is C13H17F2NO2. The summed E-state index contributed by atoms with van der Waals surface area (Å²) < 4.78 is 31.2. The van der Waals surface area contributed by atoms with E-state index < -0.39 is 17.2 Å². The van der Waals surface area contributed by atoms with Crippen molar-refractivity contribution in [2.45, 2.75) is 31.6 Å². The lowest BCUT2D eigenvalue weighted by Gasteiger charge is -2.26. The van der Waals surface area contributed by atoms with Crippen LogP contribution in [-0.4, -0.2) is 30.0 Å². The van der Waals surface area contributed by atoms with Crippen LogP contribution < -0.4 is 5.32 Å². The number of benzene rings is 1. The minimum Gasteiger partial charge on any atom is -0.386 e. The topological polar surface area (TPSA) is 41.5 Å². The van der Waals surface area contributed by atoms with Crippen LogP contribution in [0.3, 0.4) is 0 Å². The number of ether oxygens (including phenoxy) is 1. The molecule has 100 valence electrons. The van der Waals surface area contributed by atoms with Gasteiger partial charge in [-0.2, -0.15) is 0 Å². The quantitative estimate of drug-likeness (QED) is 0.860. The lowest BCUT2D eigenvalue weighted by molar-refractivity contribution is -0.0263. The fourth-order valence-corrected chi connectivity index (χ4v) is 2.14. The number of aliphatic hydroxyl groups is 1. The van der Waals surface area contributed by atoms with Gasteiger partial charge in [0.15, 0.2) is 0 Å². The third-order valence-corrected chi connectivity index (χ3v) is 3.34. The van der Waals surface area contributed by atoms with Crippen LogP contribution in [-0.2, 0) is 11.3 Å². The molecule has 0 aliphatic carbocycles. The van der Waals surface area contributed by atoms with Crippen molar-refractivity contribution in [3.8, 4) is 0 Å². The van der Waals surface area contributed by atoms with Crippen molar-refractivity contribution < 1.29 is 18.6 Å². The Hall–Kier alpha value is -1.04. The molecule has 2 unspecified atom stereocenters. The summed E-state index contributed by atoms with van der Waals surface area (Å²) >= 11 is 0. The Bertz CT molecular complexity index is 407. The average molecular weight is 257 g/mol. The molecule has 0 saturated carbocycles. The molecule has 1 saturated heterocycles. The molecule has 2 rings (SSSR count). The maximum Gasteiger partial charge on any atom is 0.126 e. The molecule has 2 atom stereocenters. The molecule has 0 aromatic heterocycles. The lowest BCUT2D eigenvalue weighted by Crippen LogP contribution is -2.45. The zero-order valence-corrected chi connectivity index (χ0v) is 10.2. The van der Waals surface area contributed by atoms with Gasteiger partial charge in [-0.1, -0.05) is 0 Å². The molecule has 1 aromatic rings. The predicted octanol–water partition coefficient (Wildman–Crippen LogP) is 1.59. The zero-order chi connectivity index (χ0) is 13.2. The molecule has 0 spiro atoms.